The maximum atomic E-state index is 13.0. The third kappa shape index (κ3) is 6.16. The third-order valence-corrected chi connectivity index (χ3v) is 4.74. The Hall–Kier alpha value is -3.68. The topological polar surface area (TPSA) is 97.5 Å². The second kappa shape index (κ2) is 10.6. The lowest BCUT2D eigenvalue weighted by atomic mass is 10.1. The van der Waals surface area contributed by atoms with Crippen molar-refractivity contribution in [2.75, 3.05) is 13.2 Å². The molecule has 32 heavy (non-hydrogen) atoms. The molecule has 168 valence electrons. The van der Waals surface area contributed by atoms with Gasteiger partial charge in [0, 0.05) is 29.1 Å². The van der Waals surface area contributed by atoms with E-state index < -0.39 is 36.3 Å². The van der Waals surface area contributed by atoms with Crippen LogP contribution in [0.4, 0.5) is 9.18 Å². The van der Waals surface area contributed by atoms with E-state index in [1.807, 2.05) is 38.1 Å². The van der Waals surface area contributed by atoms with Crippen LogP contribution in [0.25, 0.3) is 10.9 Å². The summed E-state index contributed by atoms with van der Waals surface area (Å²) in [4.78, 5) is 40.3. The molecule has 7 nitrogen and oxygen atoms in total. The first-order valence-electron chi connectivity index (χ1n) is 10.3. The highest BCUT2D eigenvalue weighted by Crippen LogP contribution is 2.19. The van der Waals surface area contributed by atoms with Gasteiger partial charge >= 0.3 is 12.1 Å². The van der Waals surface area contributed by atoms with E-state index in [1.165, 1.54) is 12.1 Å². The number of carbonyl (C=O) groups excluding carboxylic acids is 3. The summed E-state index contributed by atoms with van der Waals surface area (Å²) < 4.78 is 23.3. The van der Waals surface area contributed by atoms with Crippen LogP contribution in [-0.2, 0) is 20.7 Å². The van der Waals surface area contributed by atoms with Crippen LogP contribution in [0.1, 0.15) is 29.8 Å². The molecule has 0 aliphatic rings. The van der Waals surface area contributed by atoms with Crippen LogP contribution in [0, 0.1) is 11.7 Å². The number of rotatable bonds is 9. The average molecular weight is 440 g/mol. The number of Topliss-reactive ketones (excluding diaryl/α,β-unsaturated/α-hetero) is 1. The summed E-state index contributed by atoms with van der Waals surface area (Å²) in [5.41, 5.74) is 1.91. The lowest BCUT2D eigenvalue weighted by Crippen LogP contribution is -2.44. The van der Waals surface area contributed by atoms with Gasteiger partial charge in [0.1, 0.15) is 11.9 Å². The number of aromatic amines is 1. The van der Waals surface area contributed by atoms with Gasteiger partial charge in [0.05, 0.1) is 6.61 Å². The van der Waals surface area contributed by atoms with Gasteiger partial charge in [-0.1, -0.05) is 32.0 Å². The molecule has 0 saturated heterocycles. The Labute approximate surface area is 184 Å². The summed E-state index contributed by atoms with van der Waals surface area (Å²) in [6.07, 6.45) is 1.16. The van der Waals surface area contributed by atoms with Gasteiger partial charge in [-0.15, -0.1) is 0 Å². The van der Waals surface area contributed by atoms with Crippen LogP contribution in [0.3, 0.4) is 0 Å². The first kappa shape index (κ1) is 23.0. The third-order valence-electron chi connectivity index (χ3n) is 4.74. The van der Waals surface area contributed by atoms with Crippen LogP contribution in [0.15, 0.2) is 54.7 Å². The number of ether oxygens (including phenoxy) is 2. The Morgan fingerprint density at radius 1 is 1.03 bits per heavy atom. The molecule has 0 saturated carbocycles. The number of alkyl carbamates (subject to hydrolysis) is 1. The molecule has 0 fully saturated rings. The van der Waals surface area contributed by atoms with E-state index in [4.69, 9.17) is 9.47 Å². The molecule has 3 rings (SSSR count). The van der Waals surface area contributed by atoms with Gasteiger partial charge in [-0.25, -0.2) is 14.0 Å². The highest BCUT2D eigenvalue weighted by Gasteiger charge is 2.26. The number of hydrogen-bond acceptors (Lipinski definition) is 5. The smallest absolute Gasteiger partial charge is 0.407 e. The van der Waals surface area contributed by atoms with Crippen molar-refractivity contribution in [3.63, 3.8) is 0 Å². The van der Waals surface area contributed by atoms with E-state index in [9.17, 15) is 18.8 Å². The van der Waals surface area contributed by atoms with E-state index in [2.05, 4.69) is 10.3 Å². The second-order valence-electron chi connectivity index (χ2n) is 7.79. The number of carbonyl (C=O) groups is 3. The highest BCUT2D eigenvalue weighted by molar-refractivity contribution is 5.98. The maximum Gasteiger partial charge on any atom is 0.407 e. The normalized spacial score (nSPS) is 11.9. The van der Waals surface area contributed by atoms with Crippen LogP contribution < -0.4 is 5.32 Å². The van der Waals surface area contributed by atoms with Crippen molar-refractivity contribution in [2.45, 2.75) is 26.3 Å². The van der Waals surface area contributed by atoms with Gasteiger partial charge < -0.3 is 19.8 Å². The first-order chi connectivity index (χ1) is 15.3. The molecule has 0 aliphatic carbocycles. The largest absolute Gasteiger partial charge is 0.456 e. The standard InChI is InChI=1S/C24H25FN2O5/c1-15(2)13-32-24(30)27-21(11-17-12-26-20-6-4-3-5-19(17)20)23(29)31-14-22(28)16-7-9-18(25)10-8-16/h3-10,12,15,21,26H,11,13-14H2,1-2H3,(H,27,30). The van der Waals surface area contributed by atoms with Crippen LogP contribution in [0.5, 0.6) is 0 Å². The summed E-state index contributed by atoms with van der Waals surface area (Å²) in [5, 5.41) is 3.44. The van der Waals surface area contributed by atoms with Gasteiger partial charge in [-0.05, 0) is 41.8 Å². The van der Waals surface area contributed by atoms with Crippen molar-refractivity contribution in [1.82, 2.24) is 10.3 Å². The van der Waals surface area contributed by atoms with Crippen molar-refractivity contribution in [3.8, 4) is 0 Å². The molecule has 1 amide bonds. The van der Waals surface area contributed by atoms with Gasteiger partial charge in [0.15, 0.2) is 12.4 Å². The van der Waals surface area contributed by atoms with Crippen LogP contribution >= 0.6 is 0 Å². The van der Waals surface area contributed by atoms with Crippen molar-refractivity contribution in [2.24, 2.45) is 5.92 Å². The predicted octanol–water partition coefficient (Wildman–Crippen LogP) is 4.03. The molecule has 0 spiro atoms. The van der Waals surface area contributed by atoms with Gasteiger partial charge in [-0.3, -0.25) is 4.79 Å². The number of para-hydroxylation sites is 1. The van der Waals surface area contributed by atoms with E-state index in [-0.39, 0.29) is 24.5 Å². The molecular formula is C24H25FN2O5. The minimum atomic E-state index is -1.06. The zero-order chi connectivity index (χ0) is 23.1. The minimum absolute atomic E-state index is 0.132. The molecule has 0 radical (unpaired) electrons. The molecule has 1 heterocycles. The van der Waals surface area contributed by atoms with Crippen LogP contribution in [-0.4, -0.2) is 42.1 Å². The summed E-state index contributed by atoms with van der Waals surface area (Å²) in [6, 6.07) is 11.4. The molecule has 2 aromatic carbocycles. The number of nitrogens with one attached hydrogen (secondary N) is 2. The fourth-order valence-electron chi connectivity index (χ4n) is 3.10. The lowest BCUT2D eigenvalue weighted by Gasteiger charge is -2.18. The Balaban J connectivity index is 1.70. The maximum absolute atomic E-state index is 13.0. The van der Waals surface area contributed by atoms with Crippen molar-refractivity contribution >= 4 is 28.7 Å². The number of H-pyrrole nitrogens is 1. The zero-order valence-electron chi connectivity index (χ0n) is 17.9. The van der Waals surface area contributed by atoms with E-state index in [0.717, 1.165) is 28.6 Å². The molecule has 1 atom stereocenters. The van der Waals surface area contributed by atoms with Gasteiger partial charge in [0.2, 0.25) is 0 Å². The van der Waals surface area contributed by atoms with Gasteiger partial charge in [-0.2, -0.15) is 0 Å². The number of esters is 1. The van der Waals surface area contributed by atoms with E-state index in [1.54, 1.807) is 6.20 Å². The van der Waals surface area contributed by atoms with Crippen molar-refractivity contribution in [1.29, 1.82) is 0 Å². The molecular weight excluding hydrogens is 415 g/mol. The molecule has 2 N–H and O–H groups in total. The number of hydrogen-bond donors (Lipinski definition) is 2. The van der Waals surface area contributed by atoms with Crippen molar-refractivity contribution < 1.29 is 28.2 Å². The number of ketones is 1. The number of benzene rings is 2. The molecule has 0 bridgehead atoms. The molecule has 3 aromatic rings. The molecule has 0 aliphatic heterocycles. The summed E-state index contributed by atoms with van der Waals surface area (Å²) in [6.45, 7) is 3.46. The monoisotopic (exact) mass is 440 g/mol. The molecule has 1 aromatic heterocycles. The molecule has 1 unspecified atom stereocenters. The predicted molar refractivity (Wildman–Crippen MR) is 117 cm³/mol. The molecule has 8 heteroatoms. The Morgan fingerprint density at radius 2 is 1.75 bits per heavy atom. The minimum Gasteiger partial charge on any atom is -0.456 e. The quantitative estimate of drug-likeness (QED) is 0.387. The summed E-state index contributed by atoms with van der Waals surface area (Å²) >= 11 is 0. The van der Waals surface area contributed by atoms with Gasteiger partial charge in [0.25, 0.3) is 0 Å². The number of aromatic nitrogens is 1. The number of amides is 1. The fourth-order valence-corrected chi connectivity index (χ4v) is 3.10. The van der Waals surface area contributed by atoms with E-state index in [0.29, 0.717) is 0 Å². The average Bonchev–Trinajstić information content (AvgIpc) is 3.18. The lowest BCUT2D eigenvalue weighted by molar-refractivity contribution is -0.144. The zero-order valence-corrected chi connectivity index (χ0v) is 17.9. The van der Waals surface area contributed by atoms with E-state index >= 15 is 0 Å². The second-order valence-corrected chi connectivity index (χ2v) is 7.79. The highest BCUT2D eigenvalue weighted by atomic mass is 19.1. The van der Waals surface area contributed by atoms with Crippen LogP contribution in [0.2, 0.25) is 0 Å². The summed E-state index contributed by atoms with van der Waals surface area (Å²) in [5.74, 6) is -1.59. The Morgan fingerprint density at radius 3 is 2.47 bits per heavy atom. The Bertz CT molecular complexity index is 1090. The fraction of sp³-hybridized carbons (Fsp3) is 0.292. The SMILES string of the molecule is CC(C)COC(=O)NC(Cc1c[nH]c2ccccc12)C(=O)OCC(=O)c1ccc(F)cc1. The Kier molecular flexibility index (Phi) is 7.59. The number of halogens is 1. The first-order valence-corrected chi connectivity index (χ1v) is 10.3. The van der Waals surface area contributed by atoms with Crippen molar-refractivity contribution in [3.05, 3.63) is 71.7 Å². The number of fused-ring (bicyclic) bond motifs is 1. The summed E-state index contributed by atoms with van der Waals surface area (Å²) in [7, 11) is 0.